The van der Waals surface area contributed by atoms with Crippen molar-refractivity contribution in [3.8, 4) is 0 Å². The van der Waals surface area contributed by atoms with Crippen molar-refractivity contribution < 1.29 is 4.52 Å². The van der Waals surface area contributed by atoms with Gasteiger partial charge in [0.25, 0.3) is 5.56 Å². The Morgan fingerprint density at radius 2 is 1.87 bits per heavy atom. The van der Waals surface area contributed by atoms with Gasteiger partial charge in [0, 0.05) is 31.7 Å². The maximum absolute atomic E-state index is 12.7. The Balaban J connectivity index is 1.20. The van der Waals surface area contributed by atoms with Gasteiger partial charge in [-0.15, -0.1) is 0 Å². The molecule has 3 fully saturated rings. The number of para-hydroxylation sites is 1. The van der Waals surface area contributed by atoms with Gasteiger partial charge in [0.1, 0.15) is 12.9 Å². The summed E-state index contributed by atoms with van der Waals surface area (Å²) in [6.45, 7) is 2.23. The topological polar surface area (TPSA) is 94.9 Å². The Morgan fingerprint density at radius 3 is 2.67 bits per heavy atom. The molecule has 1 aliphatic carbocycles. The highest BCUT2D eigenvalue weighted by atomic mass is 16.5. The molecule has 3 atom stereocenters. The summed E-state index contributed by atoms with van der Waals surface area (Å²) in [7, 11) is 1.78. The standard InChI is InChI=1S/C21H21N7O2/c1-26-11-22-20-18(26)21(29)28(12-23-20)10-16-24-19(25-30-16)17-13-7-14(17)9-27(8-13)15-5-3-2-4-6-15/h2-6,11-14,17H,7-10H2,1H3/t13-,14+,17?. The molecule has 1 unspecified atom stereocenters. The SMILES string of the molecule is Cn1cnc2ncn(Cc3nc(C4[C@@H]5C[C@H]4CN(c4ccccc4)C5)no3)c(=O)c21. The van der Waals surface area contributed by atoms with Gasteiger partial charge in [0.05, 0.1) is 6.33 Å². The molecule has 0 spiro atoms. The Kier molecular flexibility index (Phi) is 3.77. The van der Waals surface area contributed by atoms with Crippen molar-refractivity contribution in [2.24, 2.45) is 18.9 Å². The quantitative estimate of drug-likeness (QED) is 0.513. The van der Waals surface area contributed by atoms with Crippen LogP contribution in [0.2, 0.25) is 0 Å². The normalized spacial score (nSPS) is 23.0. The van der Waals surface area contributed by atoms with E-state index in [0.29, 0.717) is 34.8 Å². The fraction of sp³-hybridized carbons (Fsp3) is 0.381. The van der Waals surface area contributed by atoms with Gasteiger partial charge in [-0.2, -0.15) is 4.98 Å². The largest absolute Gasteiger partial charge is 0.371 e. The van der Waals surface area contributed by atoms with Crippen LogP contribution in [-0.2, 0) is 13.6 Å². The summed E-state index contributed by atoms with van der Waals surface area (Å²) in [4.78, 5) is 28.2. The Morgan fingerprint density at radius 1 is 1.10 bits per heavy atom. The van der Waals surface area contributed by atoms with Crippen LogP contribution >= 0.6 is 0 Å². The maximum Gasteiger partial charge on any atom is 0.280 e. The zero-order chi connectivity index (χ0) is 20.2. The lowest BCUT2D eigenvalue weighted by atomic mass is 9.61. The molecule has 9 heteroatoms. The summed E-state index contributed by atoms with van der Waals surface area (Å²) in [6, 6.07) is 10.5. The molecule has 3 aliphatic rings. The summed E-state index contributed by atoms with van der Waals surface area (Å²) >= 11 is 0. The zero-order valence-electron chi connectivity index (χ0n) is 16.5. The predicted molar refractivity (Wildman–Crippen MR) is 109 cm³/mol. The van der Waals surface area contributed by atoms with Crippen molar-refractivity contribution in [3.63, 3.8) is 0 Å². The summed E-state index contributed by atoms with van der Waals surface area (Å²) in [5, 5.41) is 4.26. The molecule has 0 amide bonds. The van der Waals surface area contributed by atoms with Crippen molar-refractivity contribution in [3.05, 3.63) is 65.1 Å². The van der Waals surface area contributed by atoms with Crippen LogP contribution in [0.4, 0.5) is 5.69 Å². The van der Waals surface area contributed by atoms with E-state index in [1.54, 1.807) is 17.9 Å². The van der Waals surface area contributed by atoms with Crippen LogP contribution < -0.4 is 10.5 Å². The van der Waals surface area contributed by atoms with Gasteiger partial charge < -0.3 is 14.0 Å². The van der Waals surface area contributed by atoms with E-state index in [-0.39, 0.29) is 12.1 Å². The summed E-state index contributed by atoms with van der Waals surface area (Å²) in [5.41, 5.74) is 2.01. The summed E-state index contributed by atoms with van der Waals surface area (Å²) in [6.07, 6.45) is 4.28. The van der Waals surface area contributed by atoms with E-state index in [9.17, 15) is 4.79 Å². The van der Waals surface area contributed by atoms with E-state index in [1.807, 2.05) is 6.07 Å². The predicted octanol–water partition coefficient (Wildman–Crippen LogP) is 1.80. The van der Waals surface area contributed by atoms with Gasteiger partial charge in [-0.25, -0.2) is 9.97 Å². The first-order chi connectivity index (χ1) is 14.7. The maximum atomic E-state index is 12.7. The number of hydrogen-bond acceptors (Lipinski definition) is 7. The van der Waals surface area contributed by atoms with Crippen LogP contribution in [0, 0.1) is 11.8 Å². The van der Waals surface area contributed by atoms with E-state index >= 15 is 0 Å². The van der Waals surface area contributed by atoms with Crippen LogP contribution in [0.1, 0.15) is 24.1 Å². The van der Waals surface area contributed by atoms with Gasteiger partial charge in [0.2, 0.25) is 5.89 Å². The molecule has 0 radical (unpaired) electrons. The average Bonchev–Trinajstić information content (AvgIpc) is 3.37. The molecule has 9 nitrogen and oxygen atoms in total. The molecule has 7 rings (SSSR count). The molecule has 4 aromatic rings. The number of hydrogen-bond donors (Lipinski definition) is 0. The minimum atomic E-state index is -0.168. The molecule has 2 saturated heterocycles. The van der Waals surface area contributed by atoms with Crippen LogP contribution in [0.15, 0.2) is 52.3 Å². The fourth-order valence-corrected chi connectivity index (χ4v) is 4.96. The molecular formula is C21H21N7O2. The number of nitrogens with zero attached hydrogens (tertiary/aromatic N) is 7. The lowest BCUT2D eigenvalue weighted by Crippen LogP contribution is -2.54. The molecule has 1 saturated carbocycles. The minimum absolute atomic E-state index is 0.168. The summed E-state index contributed by atoms with van der Waals surface area (Å²) in [5.74, 6) is 2.59. The van der Waals surface area contributed by atoms with Crippen molar-refractivity contribution in [1.82, 2.24) is 29.2 Å². The smallest absolute Gasteiger partial charge is 0.280 e. The lowest BCUT2D eigenvalue weighted by Gasteiger charge is -2.53. The van der Waals surface area contributed by atoms with Crippen LogP contribution in [-0.4, -0.2) is 42.3 Å². The van der Waals surface area contributed by atoms with E-state index < -0.39 is 0 Å². The second-order valence-electron chi connectivity index (χ2n) is 8.27. The van der Waals surface area contributed by atoms with Crippen molar-refractivity contribution in [2.75, 3.05) is 18.0 Å². The second-order valence-corrected chi connectivity index (χ2v) is 8.27. The van der Waals surface area contributed by atoms with Crippen molar-refractivity contribution >= 4 is 16.9 Å². The number of rotatable bonds is 4. The van der Waals surface area contributed by atoms with E-state index in [0.717, 1.165) is 18.9 Å². The van der Waals surface area contributed by atoms with E-state index in [2.05, 4.69) is 49.3 Å². The number of fused-ring (bicyclic) bond motifs is 3. The Labute approximate surface area is 172 Å². The van der Waals surface area contributed by atoms with E-state index in [1.165, 1.54) is 23.0 Å². The molecule has 1 aromatic carbocycles. The van der Waals surface area contributed by atoms with Gasteiger partial charge in [-0.3, -0.25) is 9.36 Å². The second kappa shape index (κ2) is 6.51. The first kappa shape index (κ1) is 17.4. The molecule has 5 heterocycles. The number of imidazole rings is 1. The number of aryl methyl sites for hydroxylation is 1. The number of aromatic nitrogens is 6. The molecule has 30 heavy (non-hydrogen) atoms. The number of piperidine rings is 2. The number of benzene rings is 1. The van der Waals surface area contributed by atoms with E-state index in [4.69, 9.17) is 4.52 Å². The average molecular weight is 403 g/mol. The fourth-order valence-electron chi connectivity index (χ4n) is 4.96. The number of anilines is 1. The third kappa shape index (κ3) is 2.65. The lowest BCUT2D eigenvalue weighted by molar-refractivity contribution is 0.103. The molecule has 0 N–H and O–H groups in total. The molecule has 2 bridgehead atoms. The van der Waals surface area contributed by atoms with Gasteiger partial charge in [-0.1, -0.05) is 23.4 Å². The van der Waals surface area contributed by atoms with Gasteiger partial charge in [-0.05, 0) is 30.4 Å². The van der Waals surface area contributed by atoms with Crippen molar-refractivity contribution in [2.45, 2.75) is 18.9 Å². The third-order valence-electron chi connectivity index (χ3n) is 6.44. The highest BCUT2D eigenvalue weighted by Gasteiger charge is 2.49. The minimum Gasteiger partial charge on any atom is -0.371 e. The Hall–Kier alpha value is -3.49. The van der Waals surface area contributed by atoms with Gasteiger partial charge in [0.15, 0.2) is 17.0 Å². The first-order valence-corrected chi connectivity index (χ1v) is 10.2. The monoisotopic (exact) mass is 403 g/mol. The third-order valence-corrected chi connectivity index (χ3v) is 6.44. The molecule has 3 aromatic heterocycles. The zero-order valence-corrected chi connectivity index (χ0v) is 16.5. The molecule has 152 valence electrons. The molecular weight excluding hydrogens is 382 g/mol. The first-order valence-electron chi connectivity index (χ1n) is 10.2. The van der Waals surface area contributed by atoms with Crippen molar-refractivity contribution in [1.29, 1.82) is 0 Å². The summed E-state index contributed by atoms with van der Waals surface area (Å²) < 4.78 is 8.66. The van der Waals surface area contributed by atoms with Crippen LogP contribution in [0.3, 0.4) is 0 Å². The van der Waals surface area contributed by atoms with Gasteiger partial charge >= 0.3 is 0 Å². The highest BCUT2D eigenvalue weighted by molar-refractivity contribution is 5.68. The highest BCUT2D eigenvalue weighted by Crippen LogP contribution is 2.51. The van der Waals surface area contributed by atoms with Crippen LogP contribution in [0.25, 0.3) is 11.2 Å². The van der Waals surface area contributed by atoms with Crippen LogP contribution in [0.5, 0.6) is 0 Å². The molecule has 2 aliphatic heterocycles. The Bertz CT molecular complexity index is 1260.